The summed E-state index contributed by atoms with van der Waals surface area (Å²) in [5.74, 6) is 1.23. The molecule has 6 heteroatoms. The predicted octanol–water partition coefficient (Wildman–Crippen LogP) is 5.43. The Morgan fingerprint density at radius 1 is 1.14 bits per heavy atom. The van der Waals surface area contributed by atoms with Gasteiger partial charge in [-0.3, -0.25) is 14.5 Å². The lowest BCUT2D eigenvalue weighted by Gasteiger charge is -2.25. The highest BCUT2D eigenvalue weighted by atomic mass is 32.2. The van der Waals surface area contributed by atoms with E-state index in [-0.39, 0.29) is 11.1 Å². The summed E-state index contributed by atoms with van der Waals surface area (Å²) in [4.78, 5) is 26.8. The normalized spacial score (nSPS) is 19.4. The first kappa shape index (κ1) is 18.6. The fraction of sp³-hybridized carbons (Fsp3) is 0.318. The van der Waals surface area contributed by atoms with E-state index in [4.69, 9.17) is 4.42 Å². The molecule has 1 aromatic heterocycles. The van der Waals surface area contributed by atoms with Crippen LogP contribution < -0.4 is 0 Å². The average Bonchev–Trinajstić information content (AvgIpc) is 3.29. The monoisotopic (exact) mass is 392 g/mol. The topological polar surface area (TPSA) is 74.3 Å². The maximum absolute atomic E-state index is 12.7. The van der Waals surface area contributed by atoms with Crippen LogP contribution >= 0.6 is 11.8 Å². The van der Waals surface area contributed by atoms with Gasteiger partial charge in [-0.15, -0.1) is 0 Å². The van der Waals surface area contributed by atoms with Crippen molar-refractivity contribution in [3.05, 3.63) is 52.6 Å². The molecular weight excluding hydrogens is 372 g/mol. The number of rotatable bonds is 4. The highest BCUT2D eigenvalue weighted by Crippen LogP contribution is 2.35. The molecule has 2 aromatic rings. The van der Waals surface area contributed by atoms with E-state index in [2.05, 4.69) is 6.07 Å². The summed E-state index contributed by atoms with van der Waals surface area (Å²) in [5.41, 5.74) is 1.23. The zero-order chi connectivity index (χ0) is 19.5. The van der Waals surface area contributed by atoms with E-state index < -0.39 is 0 Å². The lowest BCUT2D eigenvalue weighted by molar-refractivity contribution is -0.123. The van der Waals surface area contributed by atoms with Crippen LogP contribution in [0.1, 0.15) is 43.4 Å². The summed E-state index contributed by atoms with van der Waals surface area (Å²) in [5, 5.41) is 9.04. The van der Waals surface area contributed by atoms with Crippen LogP contribution in [0.3, 0.4) is 0 Å². The molecule has 4 rings (SSSR count). The van der Waals surface area contributed by atoms with Crippen molar-refractivity contribution >= 4 is 29.0 Å². The molecule has 0 N–H and O–H groups in total. The lowest BCUT2D eigenvalue weighted by Crippen LogP contribution is -2.34. The molecule has 142 valence electrons. The van der Waals surface area contributed by atoms with Crippen LogP contribution in [-0.4, -0.2) is 22.6 Å². The summed E-state index contributed by atoms with van der Waals surface area (Å²) < 4.78 is 5.82. The van der Waals surface area contributed by atoms with Gasteiger partial charge in [0.1, 0.15) is 11.5 Å². The van der Waals surface area contributed by atoms with Gasteiger partial charge in [-0.2, -0.15) is 5.26 Å². The largest absolute Gasteiger partial charge is 0.457 e. The number of hydrogen-bond acceptors (Lipinski definition) is 5. The summed E-state index contributed by atoms with van der Waals surface area (Å²) >= 11 is 0.964. The number of furan rings is 1. The molecule has 2 aliphatic rings. The van der Waals surface area contributed by atoms with Crippen LogP contribution in [0, 0.1) is 17.2 Å². The number of imide groups is 1. The Morgan fingerprint density at radius 3 is 2.71 bits per heavy atom. The third-order valence-electron chi connectivity index (χ3n) is 5.25. The van der Waals surface area contributed by atoms with Crippen molar-refractivity contribution in [2.24, 2.45) is 5.92 Å². The third-order valence-corrected chi connectivity index (χ3v) is 6.16. The molecule has 1 saturated heterocycles. The van der Waals surface area contributed by atoms with Crippen LogP contribution in [0.25, 0.3) is 17.4 Å². The van der Waals surface area contributed by atoms with Gasteiger partial charge < -0.3 is 4.42 Å². The highest BCUT2D eigenvalue weighted by Gasteiger charge is 2.36. The first-order chi connectivity index (χ1) is 13.7. The van der Waals surface area contributed by atoms with Crippen molar-refractivity contribution < 1.29 is 14.0 Å². The van der Waals surface area contributed by atoms with Gasteiger partial charge in [0, 0.05) is 18.2 Å². The van der Waals surface area contributed by atoms with E-state index in [1.165, 1.54) is 24.2 Å². The summed E-state index contributed by atoms with van der Waals surface area (Å²) in [6.07, 6.45) is 7.38. The van der Waals surface area contributed by atoms with Gasteiger partial charge in [0.25, 0.3) is 11.1 Å². The van der Waals surface area contributed by atoms with Gasteiger partial charge in [0.15, 0.2) is 0 Å². The quantitative estimate of drug-likeness (QED) is 0.648. The first-order valence-corrected chi connectivity index (χ1v) is 10.3. The maximum atomic E-state index is 12.7. The Kier molecular flexibility index (Phi) is 5.36. The van der Waals surface area contributed by atoms with Crippen molar-refractivity contribution in [1.29, 1.82) is 5.26 Å². The number of amides is 2. The summed E-state index contributed by atoms with van der Waals surface area (Å²) in [7, 11) is 0. The van der Waals surface area contributed by atoms with Gasteiger partial charge in [-0.1, -0.05) is 31.4 Å². The zero-order valence-corrected chi connectivity index (χ0v) is 16.2. The molecule has 0 unspecified atom stereocenters. The first-order valence-electron chi connectivity index (χ1n) is 9.50. The van der Waals surface area contributed by atoms with E-state index in [0.29, 0.717) is 40.0 Å². The van der Waals surface area contributed by atoms with Gasteiger partial charge in [0.2, 0.25) is 0 Å². The van der Waals surface area contributed by atoms with Crippen molar-refractivity contribution in [3.8, 4) is 17.4 Å². The summed E-state index contributed by atoms with van der Waals surface area (Å²) in [6.45, 7) is 0.515. The Labute approximate surface area is 168 Å². The van der Waals surface area contributed by atoms with E-state index in [1.807, 2.05) is 12.1 Å². The van der Waals surface area contributed by atoms with Crippen LogP contribution in [0.5, 0.6) is 0 Å². The van der Waals surface area contributed by atoms with Crippen LogP contribution in [0.15, 0.2) is 45.7 Å². The van der Waals surface area contributed by atoms with E-state index in [9.17, 15) is 14.9 Å². The molecule has 2 amide bonds. The van der Waals surface area contributed by atoms with Gasteiger partial charge in [-0.25, -0.2) is 0 Å². The molecular formula is C22H20N2O3S. The number of nitrogens with zero attached hydrogens (tertiary/aromatic N) is 2. The van der Waals surface area contributed by atoms with Crippen molar-refractivity contribution in [2.75, 3.05) is 6.54 Å². The van der Waals surface area contributed by atoms with E-state index >= 15 is 0 Å². The number of benzene rings is 1. The molecule has 0 radical (unpaired) electrons. The molecule has 0 spiro atoms. The molecule has 2 heterocycles. The molecule has 0 bridgehead atoms. The molecule has 28 heavy (non-hydrogen) atoms. The minimum Gasteiger partial charge on any atom is -0.457 e. The zero-order valence-electron chi connectivity index (χ0n) is 15.4. The second-order valence-corrected chi connectivity index (χ2v) is 8.15. The maximum Gasteiger partial charge on any atom is 0.293 e. The number of carbonyl (C=O) groups is 2. The fourth-order valence-electron chi connectivity index (χ4n) is 3.79. The number of nitriles is 1. The Bertz CT molecular complexity index is 980. The molecule has 1 saturated carbocycles. The molecule has 0 atom stereocenters. The molecule has 2 fully saturated rings. The molecule has 5 nitrogen and oxygen atoms in total. The number of carbonyl (C=O) groups excluding carboxylic acids is 2. The lowest BCUT2D eigenvalue weighted by atomic mass is 9.89. The number of hydrogen-bond donors (Lipinski definition) is 0. The summed E-state index contributed by atoms with van der Waals surface area (Å²) in [6, 6.07) is 12.9. The van der Waals surface area contributed by atoms with Crippen molar-refractivity contribution in [1.82, 2.24) is 4.90 Å². The minimum atomic E-state index is -0.240. The second kappa shape index (κ2) is 8.07. The standard InChI is InChI=1S/C22H20N2O3S/c23-13-16-8-4-5-9-18(16)19-11-10-17(27-19)12-20-21(25)24(22(26)28-20)14-15-6-2-1-3-7-15/h4-5,8-12,15H,1-3,6-7,14H2/b20-12+. The van der Waals surface area contributed by atoms with Crippen LogP contribution in [0.2, 0.25) is 0 Å². The smallest absolute Gasteiger partial charge is 0.293 e. The van der Waals surface area contributed by atoms with E-state index in [0.717, 1.165) is 24.6 Å². The molecule has 1 aliphatic heterocycles. The second-order valence-electron chi connectivity index (χ2n) is 7.16. The van der Waals surface area contributed by atoms with Crippen molar-refractivity contribution in [3.63, 3.8) is 0 Å². The molecule has 1 aliphatic carbocycles. The number of thioether (sulfide) groups is 1. The van der Waals surface area contributed by atoms with Crippen LogP contribution in [-0.2, 0) is 4.79 Å². The van der Waals surface area contributed by atoms with Crippen molar-refractivity contribution in [2.45, 2.75) is 32.1 Å². The fourth-order valence-corrected chi connectivity index (χ4v) is 4.61. The van der Waals surface area contributed by atoms with Gasteiger partial charge in [-0.05, 0) is 54.8 Å². The Hall–Kier alpha value is -2.78. The highest BCUT2D eigenvalue weighted by molar-refractivity contribution is 8.18. The van der Waals surface area contributed by atoms with Crippen LogP contribution in [0.4, 0.5) is 4.79 Å². The predicted molar refractivity (Wildman–Crippen MR) is 108 cm³/mol. The average molecular weight is 392 g/mol. The van der Waals surface area contributed by atoms with Gasteiger partial charge >= 0.3 is 0 Å². The van der Waals surface area contributed by atoms with Gasteiger partial charge in [0.05, 0.1) is 16.5 Å². The Balaban J connectivity index is 1.52. The van der Waals surface area contributed by atoms with E-state index in [1.54, 1.807) is 30.3 Å². The Morgan fingerprint density at radius 2 is 1.93 bits per heavy atom. The third kappa shape index (κ3) is 3.76. The SMILES string of the molecule is N#Cc1ccccc1-c1ccc(/C=C2/SC(=O)N(CC3CCCCC3)C2=O)o1. The minimum absolute atomic E-state index is 0.205. The molecule has 1 aromatic carbocycles.